The van der Waals surface area contributed by atoms with Crippen LogP contribution in [0, 0.1) is 0 Å². The Balaban J connectivity index is 2.02. The van der Waals surface area contributed by atoms with Crippen LogP contribution in [0.3, 0.4) is 0 Å². The molecule has 1 amide bonds. The lowest BCUT2D eigenvalue weighted by Crippen LogP contribution is -2.32. The van der Waals surface area contributed by atoms with Gasteiger partial charge in [0, 0.05) is 11.4 Å². The molecule has 20 heavy (non-hydrogen) atoms. The molecule has 1 aliphatic heterocycles. The molecule has 102 valence electrons. The molecule has 0 aliphatic carbocycles. The molecule has 0 spiro atoms. The van der Waals surface area contributed by atoms with Crippen molar-refractivity contribution in [1.29, 1.82) is 0 Å². The Labute approximate surface area is 127 Å². The number of anilines is 1. The van der Waals surface area contributed by atoms with E-state index >= 15 is 0 Å². The van der Waals surface area contributed by atoms with Crippen molar-refractivity contribution in [1.82, 2.24) is 0 Å². The summed E-state index contributed by atoms with van der Waals surface area (Å²) in [5.41, 5.74) is 1.55. The molecule has 1 aliphatic rings. The summed E-state index contributed by atoms with van der Waals surface area (Å²) in [4.78, 5) is 15.8. The van der Waals surface area contributed by atoms with E-state index in [0.717, 1.165) is 29.3 Å². The van der Waals surface area contributed by atoms with Crippen molar-refractivity contribution in [2.24, 2.45) is 0 Å². The Morgan fingerprint density at radius 2 is 1.85 bits per heavy atom. The predicted octanol–water partition coefficient (Wildman–Crippen LogP) is 4.48. The number of benzene rings is 2. The number of carbonyl (C=O) groups is 1. The summed E-state index contributed by atoms with van der Waals surface area (Å²) in [5, 5.41) is 0.506. The van der Waals surface area contributed by atoms with E-state index in [9.17, 15) is 4.79 Å². The van der Waals surface area contributed by atoms with Crippen molar-refractivity contribution in [2.45, 2.75) is 11.3 Å². The van der Waals surface area contributed by atoms with Crippen LogP contribution < -0.4 is 4.90 Å². The second kappa shape index (κ2) is 5.90. The van der Waals surface area contributed by atoms with E-state index in [0.29, 0.717) is 10.6 Å². The molecule has 0 atom stereocenters. The first-order valence-corrected chi connectivity index (χ1v) is 7.92. The summed E-state index contributed by atoms with van der Waals surface area (Å²) in [7, 11) is 0. The maximum atomic E-state index is 12.8. The largest absolute Gasteiger partial charge is 0.307 e. The number of nitrogens with zero attached hydrogens (tertiary/aromatic N) is 1. The van der Waals surface area contributed by atoms with Crippen LogP contribution in [0.15, 0.2) is 53.4 Å². The van der Waals surface area contributed by atoms with Crippen molar-refractivity contribution in [3.05, 3.63) is 59.1 Å². The molecule has 0 radical (unpaired) electrons. The lowest BCUT2D eigenvalue weighted by atomic mass is 10.1. The van der Waals surface area contributed by atoms with Gasteiger partial charge in [0.25, 0.3) is 5.91 Å². The Bertz CT molecular complexity index is 644. The summed E-state index contributed by atoms with van der Waals surface area (Å²) >= 11 is 7.96. The SMILES string of the molecule is O=C(c1ccccc1Cl)N1CCCSc2ccccc21. The summed E-state index contributed by atoms with van der Waals surface area (Å²) in [6, 6.07) is 15.3. The third-order valence-electron chi connectivity index (χ3n) is 3.29. The number of rotatable bonds is 1. The molecule has 3 rings (SSSR count). The molecule has 0 bridgehead atoms. The first kappa shape index (κ1) is 13.5. The second-order valence-corrected chi connectivity index (χ2v) is 6.15. The van der Waals surface area contributed by atoms with Crippen LogP contribution in [0.25, 0.3) is 0 Å². The molecule has 0 saturated heterocycles. The van der Waals surface area contributed by atoms with E-state index in [4.69, 9.17) is 11.6 Å². The van der Waals surface area contributed by atoms with E-state index in [-0.39, 0.29) is 5.91 Å². The molecule has 2 aromatic rings. The van der Waals surface area contributed by atoms with Crippen molar-refractivity contribution < 1.29 is 4.79 Å². The van der Waals surface area contributed by atoms with Crippen molar-refractivity contribution in [2.75, 3.05) is 17.2 Å². The van der Waals surface area contributed by atoms with E-state index in [1.54, 1.807) is 23.9 Å². The minimum absolute atomic E-state index is 0.0226. The average molecular weight is 304 g/mol. The first-order chi connectivity index (χ1) is 9.77. The van der Waals surface area contributed by atoms with E-state index in [1.807, 2.05) is 35.2 Å². The summed E-state index contributed by atoms with van der Waals surface area (Å²) in [6.45, 7) is 0.730. The molecule has 2 nitrogen and oxygen atoms in total. The van der Waals surface area contributed by atoms with Gasteiger partial charge in [-0.15, -0.1) is 11.8 Å². The standard InChI is InChI=1S/C16H14ClNOS/c17-13-7-2-1-6-12(13)16(19)18-10-5-11-20-15-9-4-3-8-14(15)18/h1-4,6-9H,5,10-11H2. The maximum Gasteiger partial charge on any atom is 0.259 e. The molecule has 0 aromatic heterocycles. The topological polar surface area (TPSA) is 20.3 Å². The van der Waals surface area contributed by atoms with Crippen LogP contribution in [0.4, 0.5) is 5.69 Å². The number of carbonyl (C=O) groups excluding carboxylic acids is 1. The van der Waals surface area contributed by atoms with Gasteiger partial charge >= 0.3 is 0 Å². The number of thioether (sulfide) groups is 1. The fourth-order valence-corrected chi connectivity index (χ4v) is 3.53. The zero-order valence-corrected chi connectivity index (χ0v) is 12.5. The fraction of sp³-hybridized carbons (Fsp3) is 0.188. The van der Waals surface area contributed by atoms with Gasteiger partial charge in [0.1, 0.15) is 0 Å². The highest BCUT2D eigenvalue weighted by Crippen LogP contribution is 2.34. The molecule has 0 N–H and O–H groups in total. The van der Waals surface area contributed by atoms with Gasteiger partial charge in [0.2, 0.25) is 0 Å². The van der Waals surface area contributed by atoms with Crippen LogP contribution in [0.1, 0.15) is 16.8 Å². The molecular weight excluding hydrogens is 290 g/mol. The van der Waals surface area contributed by atoms with Crippen molar-refractivity contribution >= 4 is 35.0 Å². The second-order valence-electron chi connectivity index (χ2n) is 4.61. The van der Waals surface area contributed by atoms with Gasteiger partial charge in [-0.25, -0.2) is 0 Å². The monoisotopic (exact) mass is 303 g/mol. The Hall–Kier alpha value is -1.45. The van der Waals surface area contributed by atoms with Gasteiger partial charge in [0.15, 0.2) is 0 Å². The van der Waals surface area contributed by atoms with Gasteiger partial charge in [0.05, 0.1) is 16.3 Å². The molecule has 2 aromatic carbocycles. The molecule has 1 heterocycles. The third kappa shape index (κ3) is 2.56. The van der Waals surface area contributed by atoms with Crippen LogP contribution in [0.2, 0.25) is 5.02 Å². The zero-order valence-electron chi connectivity index (χ0n) is 10.9. The number of hydrogen-bond acceptors (Lipinski definition) is 2. The predicted molar refractivity (Wildman–Crippen MR) is 84.9 cm³/mol. The highest BCUT2D eigenvalue weighted by molar-refractivity contribution is 7.99. The van der Waals surface area contributed by atoms with Gasteiger partial charge in [-0.3, -0.25) is 4.79 Å². The zero-order chi connectivity index (χ0) is 13.9. The molecule has 0 unspecified atom stereocenters. The fourth-order valence-electron chi connectivity index (χ4n) is 2.32. The number of para-hydroxylation sites is 1. The lowest BCUT2D eigenvalue weighted by Gasteiger charge is -2.23. The lowest BCUT2D eigenvalue weighted by molar-refractivity contribution is 0.0987. The van der Waals surface area contributed by atoms with Gasteiger partial charge in [-0.05, 0) is 36.4 Å². The number of hydrogen-bond donors (Lipinski definition) is 0. The minimum atomic E-state index is -0.0226. The van der Waals surface area contributed by atoms with Crippen LogP contribution in [0.5, 0.6) is 0 Å². The highest BCUT2D eigenvalue weighted by Gasteiger charge is 2.23. The number of halogens is 1. The first-order valence-electron chi connectivity index (χ1n) is 6.55. The summed E-state index contributed by atoms with van der Waals surface area (Å²) in [6.07, 6.45) is 0.982. The molecule has 4 heteroatoms. The molecule has 0 fully saturated rings. The Morgan fingerprint density at radius 1 is 1.10 bits per heavy atom. The molecular formula is C16H14ClNOS. The highest BCUT2D eigenvalue weighted by atomic mass is 35.5. The summed E-state index contributed by atoms with van der Waals surface area (Å²) < 4.78 is 0. The van der Waals surface area contributed by atoms with E-state index in [2.05, 4.69) is 6.07 Å². The minimum Gasteiger partial charge on any atom is -0.307 e. The van der Waals surface area contributed by atoms with Crippen LogP contribution >= 0.6 is 23.4 Å². The average Bonchev–Trinajstić information content (AvgIpc) is 2.69. The van der Waals surface area contributed by atoms with Crippen LogP contribution in [-0.4, -0.2) is 18.2 Å². The van der Waals surface area contributed by atoms with Gasteiger partial charge in [-0.1, -0.05) is 35.9 Å². The Morgan fingerprint density at radius 3 is 2.70 bits per heavy atom. The van der Waals surface area contributed by atoms with E-state index in [1.165, 1.54) is 0 Å². The van der Waals surface area contributed by atoms with Crippen molar-refractivity contribution in [3.63, 3.8) is 0 Å². The third-order valence-corrected chi connectivity index (χ3v) is 4.77. The smallest absolute Gasteiger partial charge is 0.259 e. The molecule has 0 saturated carbocycles. The quantitative estimate of drug-likeness (QED) is 0.774. The Kier molecular flexibility index (Phi) is 3.99. The van der Waals surface area contributed by atoms with E-state index < -0.39 is 0 Å². The summed E-state index contributed by atoms with van der Waals surface area (Å²) in [5.74, 6) is 1.01. The number of amides is 1. The van der Waals surface area contributed by atoms with Crippen molar-refractivity contribution in [3.8, 4) is 0 Å². The number of fused-ring (bicyclic) bond motifs is 1. The maximum absolute atomic E-state index is 12.8. The van der Waals surface area contributed by atoms with Gasteiger partial charge in [-0.2, -0.15) is 0 Å². The van der Waals surface area contributed by atoms with Gasteiger partial charge < -0.3 is 4.90 Å². The normalized spacial score (nSPS) is 14.6. The van der Waals surface area contributed by atoms with Crippen LogP contribution in [-0.2, 0) is 0 Å².